The molecule has 5 heteroatoms. The summed E-state index contributed by atoms with van der Waals surface area (Å²) in [5, 5.41) is 3.95. The van der Waals surface area contributed by atoms with E-state index in [1.165, 1.54) is 4.88 Å². The van der Waals surface area contributed by atoms with Crippen molar-refractivity contribution in [3.63, 3.8) is 0 Å². The quantitative estimate of drug-likeness (QED) is 0.503. The molecule has 1 fully saturated rings. The fraction of sp³-hybridized carbons (Fsp3) is 0.304. The Morgan fingerprint density at radius 1 is 0.964 bits per heavy atom. The molecule has 1 atom stereocenters. The van der Waals surface area contributed by atoms with Gasteiger partial charge in [0.1, 0.15) is 0 Å². The molecular formula is C23H26NO2PS. The van der Waals surface area contributed by atoms with Crippen LogP contribution in [0.25, 0.3) is 0 Å². The van der Waals surface area contributed by atoms with E-state index in [2.05, 4.69) is 22.4 Å². The monoisotopic (exact) mass is 411 g/mol. The van der Waals surface area contributed by atoms with Gasteiger partial charge >= 0.3 is 0 Å². The van der Waals surface area contributed by atoms with Crippen molar-refractivity contribution in [2.24, 2.45) is 0 Å². The molecule has 1 saturated heterocycles. The zero-order chi connectivity index (χ0) is 19.2. The Morgan fingerprint density at radius 3 is 2.18 bits per heavy atom. The Morgan fingerprint density at radius 2 is 1.64 bits per heavy atom. The largest absolute Gasteiger partial charge is 0.377 e. The van der Waals surface area contributed by atoms with Crippen LogP contribution in [0.1, 0.15) is 17.7 Å². The second kappa shape index (κ2) is 9.19. The molecule has 0 N–H and O–H groups in total. The van der Waals surface area contributed by atoms with E-state index in [-0.39, 0.29) is 6.10 Å². The van der Waals surface area contributed by atoms with Crippen molar-refractivity contribution >= 4 is 29.1 Å². The summed E-state index contributed by atoms with van der Waals surface area (Å²) in [6.07, 6.45) is 2.97. The molecule has 0 amide bonds. The molecular weight excluding hydrogens is 385 g/mol. The molecule has 0 radical (unpaired) electrons. The number of hydrogen-bond acceptors (Lipinski definition) is 4. The van der Waals surface area contributed by atoms with Gasteiger partial charge in [0.2, 0.25) is 0 Å². The maximum atomic E-state index is 14.5. The predicted molar refractivity (Wildman–Crippen MR) is 118 cm³/mol. The molecule has 0 saturated carbocycles. The summed E-state index contributed by atoms with van der Waals surface area (Å²) in [6, 6.07) is 24.1. The lowest BCUT2D eigenvalue weighted by Gasteiger charge is -2.30. The minimum atomic E-state index is -2.78. The normalized spacial score (nSPS) is 17.2. The first-order valence-corrected chi connectivity index (χ1v) is 12.6. The van der Waals surface area contributed by atoms with Crippen molar-refractivity contribution in [1.29, 1.82) is 0 Å². The van der Waals surface area contributed by atoms with Crippen LogP contribution < -0.4 is 10.6 Å². The lowest BCUT2D eigenvalue weighted by Crippen LogP contribution is -2.35. The number of nitrogens with zero attached hydrogens (tertiary/aromatic N) is 1. The smallest absolute Gasteiger partial charge is 0.156 e. The van der Waals surface area contributed by atoms with Crippen LogP contribution in [-0.2, 0) is 15.8 Å². The average molecular weight is 412 g/mol. The second-order valence-electron chi connectivity index (χ2n) is 7.28. The highest BCUT2D eigenvalue weighted by molar-refractivity contribution is 7.78. The summed E-state index contributed by atoms with van der Waals surface area (Å²) in [5.74, 6) is 0. The van der Waals surface area contributed by atoms with Crippen molar-refractivity contribution in [3.8, 4) is 0 Å². The molecule has 0 aliphatic carbocycles. The van der Waals surface area contributed by atoms with E-state index in [0.29, 0.717) is 6.29 Å². The summed E-state index contributed by atoms with van der Waals surface area (Å²) in [6.45, 7) is 2.47. The van der Waals surface area contributed by atoms with E-state index in [1.807, 2.05) is 60.7 Å². The highest BCUT2D eigenvalue weighted by atomic mass is 32.1. The summed E-state index contributed by atoms with van der Waals surface area (Å²) in [7, 11) is -2.78. The third-order valence-corrected chi connectivity index (χ3v) is 9.12. The molecule has 0 spiro atoms. The van der Waals surface area contributed by atoms with Crippen LogP contribution in [0.4, 0.5) is 0 Å². The summed E-state index contributed by atoms with van der Waals surface area (Å²) >= 11 is 1.75. The average Bonchev–Trinajstić information content (AvgIpc) is 3.43. The van der Waals surface area contributed by atoms with E-state index >= 15 is 0 Å². The summed E-state index contributed by atoms with van der Waals surface area (Å²) in [5.41, 5.74) is 0. The SMILES string of the molecule is O=P(CN(Cc1cccs1)C[C@@H]1CCCO1)(c1ccccc1)c1ccccc1. The molecule has 4 rings (SSSR count). The third kappa shape index (κ3) is 4.64. The Labute approximate surface area is 171 Å². The molecule has 1 aliphatic heterocycles. The fourth-order valence-corrected chi connectivity index (χ4v) is 7.26. The van der Waals surface area contributed by atoms with E-state index in [0.717, 1.165) is 43.1 Å². The standard InChI is InChI=1S/C23H26NO2PS/c25-27(21-10-3-1-4-11-21,22-12-5-2-6-13-22)19-24(17-20-9-7-15-26-20)18-23-14-8-16-28-23/h1-6,8,10-14,16,20H,7,9,15,17-19H2/t20-/m0/s1. The lowest BCUT2D eigenvalue weighted by molar-refractivity contribution is 0.0770. The Bertz CT molecular complexity index is 849. The van der Waals surface area contributed by atoms with Crippen molar-refractivity contribution < 1.29 is 9.30 Å². The van der Waals surface area contributed by atoms with Crippen molar-refractivity contribution in [3.05, 3.63) is 83.1 Å². The number of thiophene rings is 1. The highest BCUT2D eigenvalue weighted by Crippen LogP contribution is 2.44. The zero-order valence-corrected chi connectivity index (χ0v) is 17.7. The third-order valence-electron chi connectivity index (χ3n) is 5.19. The summed E-state index contributed by atoms with van der Waals surface area (Å²) < 4.78 is 20.4. The first-order valence-electron chi connectivity index (χ1n) is 9.81. The van der Waals surface area contributed by atoms with Gasteiger partial charge in [-0.2, -0.15) is 0 Å². The number of hydrogen-bond donors (Lipinski definition) is 0. The van der Waals surface area contributed by atoms with Gasteiger partial charge in [-0.05, 0) is 24.3 Å². The van der Waals surface area contributed by atoms with Crippen molar-refractivity contribution in [1.82, 2.24) is 4.90 Å². The van der Waals surface area contributed by atoms with Crippen LogP contribution in [0.5, 0.6) is 0 Å². The minimum Gasteiger partial charge on any atom is -0.377 e. The van der Waals surface area contributed by atoms with Gasteiger partial charge in [-0.3, -0.25) is 4.90 Å². The maximum Gasteiger partial charge on any atom is 0.156 e. The lowest BCUT2D eigenvalue weighted by atomic mass is 10.2. The number of benzene rings is 2. The van der Waals surface area contributed by atoms with E-state index < -0.39 is 7.14 Å². The van der Waals surface area contributed by atoms with Gasteiger partial charge < -0.3 is 9.30 Å². The van der Waals surface area contributed by atoms with Gasteiger partial charge in [-0.15, -0.1) is 11.3 Å². The van der Waals surface area contributed by atoms with E-state index in [1.54, 1.807) is 11.3 Å². The molecule has 0 unspecified atom stereocenters. The Balaban J connectivity index is 1.66. The van der Waals surface area contributed by atoms with Crippen LogP contribution in [0.15, 0.2) is 78.2 Å². The van der Waals surface area contributed by atoms with Crippen LogP contribution in [0.2, 0.25) is 0 Å². The Hall–Kier alpha value is -1.71. The molecule has 1 aromatic heterocycles. The maximum absolute atomic E-state index is 14.5. The predicted octanol–water partition coefficient (Wildman–Crippen LogP) is 4.70. The zero-order valence-electron chi connectivity index (χ0n) is 15.9. The van der Waals surface area contributed by atoms with Crippen molar-refractivity contribution in [2.75, 3.05) is 19.4 Å². The van der Waals surface area contributed by atoms with E-state index in [4.69, 9.17) is 4.74 Å². The molecule has 3 aromatic rings. The van der Waals surface area contributed by atoms with Gasteiger partial charge in [0.25, 0.3) is 0 Å². The molecule has 2 aromatic carbocycles. The molecule has 0 bridgehead atoms. The van der Waals surface area contributed by atoms with Crippen LogP contribution in [0, 0.1) is 0 Å². The molecule has 3 nitrogen and oxygen atoms in total. The fourth-order valence-electron chi connectivity index (χ4n) is 3.80. The van der Waals surface area contributed by atoms with Crippen LogP contribution >= 0.6 is 18.5 Å². The first kappa shape index (κ1) is 19.6. The second-order valence-corrected chi connectivity index (χ2v) is 11.1. The van der Waals surface area contributed by atoms with E-state index in [9.17, 15) is 4.57 Å². The van der Waals surface area contributed by atoms with Crippen LogP contribution in [0.3, 0.4) is 0 Å². The molecule has 1 aliphatic rings. The van der Waals surface area contributed by atoms with Gasteiger partial charge in [-0.25, -0.2) is 0 Å². The van der Waals surface area contributed by atoms with Gasteiger partial charge in [0, 0.05) is 35.2 Å². The van der Waals surface area contributed by atoms with Gasteiger partial charge in [-0.1, -0.05) is 66.7 Å². The van der Waals surface area contributed by atoms with Gasteiger partial charge in [0.15, 0.2) is 7.14 Å². The first-order chi connectivity index (χ1) is 13.7. The van der Waals surface area contributed by atoms with Gasteiger partial charge in [0.05, 0.1) is 12.4 Å². The van der Waals surface area contributed by atoms with Crippen molar-refractivity contribution in [2.45, 2.75) is 25.5 Å². The number of ether oxygens (including phenoxy) is 1. The molecule has 146 valence electrons. The Kier molecular flexibility index (Phi) is 6.43. The molecule has 28 heavy (non-hydrogen) atoms. The molecule has 2 heterocycles. The topological polar surface area (TPSA) is 29.5 Å². The minimum absolute atomic E-state index is 0.236. The highest BCUT2D eigenvalue weighted by Gasteiger charge is 2.31. The van der Waals surface area contributed by atoms with Crippen LogP contribution in [-0.4, -0.2) is 30.4 Å². The number of rotatable bonds is 8. The summed E-state index contributed by atoms with van der Waals surface area (Å²) in [4.78, 5) is 3.63.